The van der Waals surface area contributed by atoms with Crippen molar-refractivity contribution in [3.8, 4) is 0 Å². The molecule has 2 aromatic rings. The van der Waals surface area contributed by atoms with E-state index in [2.05, 4.69) is 62.3 Å². The molecule has 144 valence electrons. The number of carbonyl (C=O) groups is 1. The molecule has 2 aliphatic rings. The van der Waals surface area contributed by atoms with Crippen LogP contribution in [0.1, 0.15) is 52.0 Å². The molecular weight excluding hydrogens is 334 g/mol. The molecule has 1 heterocycles. The first-order chi connectivity index (χ1) is 12.9. The zero-order chi connectivity index (χ0) is 19.2. The van der Waals surface area contributed by atoms with Crippen molar-refractivity contribution in [2.75, 3.05) is 7.11 Å². The molecule has 1 saturated carbocycles. The minimum Gasteiger partial charge on any atom is -0.469 e. The van der Waals surface area contributed by atoms with Gasteiger partial charge in [0.05, 0.1) is 12.5 Å². The van der Waals surface area contributed by atoms with Crippen LogP contribution < -0.4 is 0 Å². The Kier molecular flexibility index (Phi) is 4.44. The Morgan fingerprint density at radius 3 is 2.81 bits per heavy atom. The number of H-pyrrole nitrogens is 1. The minimum atomic E-state index is -0.388. The number of hydrogen-bond acceptors (Lipinski definition) is 2. The fourth-order valence-electron chi connectivity index (χ4n) is 5.74. The lowest BCUT2D eigenvalue weighted by atomic mass is 9.51. The number of esters is 1. The van der Waals surface area contributed by atoms with E-state index in [0.29, 0.717) is 11.8 Å². The molecule has 27 heavy (non-hydrogen) atoms. The molecule has 4 atom stereocenters. The van der Waals surface area contributed by atoms with Crippen molar-refractivity contribution in [1.82, 2.24) is 4.98 Å². The van der Waals surface area contributed by atoms with Gasteiger partial charge in [-0.2, -0.15) is 0 Å². The predicted molar refractivity (Wildman–Crippen MR) is 109 cm³/mol. The molecule has 0 radical (unpaired) electrons. The van der Waals surface area contributed by atoms with Crippen LogP contribution in [-0.4, -0.2) is 18.1 Å². The molecule has 0 bridgehead atoms. The minimum absolute atomic E-state index is 0.0397. The van der Waals surface area contributed by atoms with E-state index in [4.69, 9.17) is 4.74 Å². The van der Waals surface area contributed by atoms with E-state index in [1.165, 1.54) is 29.1 Å². The van der Waals surface area contributed by atoms with E-state index >= 15 is 0 Å². The molecular formula is C24H31NO2. The molecule has 3 heteroatoms. The lowest BCUT2D eigenvalue weighted by Crippen LogP contribution is -2.48. The van der Waals surface area contributed by atoms with Crippen molar-refractivity contribution in [1.29, 1.82) is 0 Å². The number of para-hydroxylation sites is 1. The smallest absolute Gasteiger partial charge is 0.312 e. The SMILES string of the molecule is COC(=O)[C@@]1(C)CCC=C2[C@@H]1CC[C@@H](C)[C@]2(C)Cc1c[nH]c2ccccc12. The zero-order valence-electron chi connectivity index (χ0n) is 17.0. The molecule has 1 aromatic heterocycles. The zero-order valence-corrected chi connectivity index (χ0v) is 17.0. The summed E-state index contributed by atoms with van der Waals surface area (Å²) in [6.45, 7) is 6.93. The third-order valence-corrected chi connectivity index (χ3v) is 7.69. The number of nitrogens with one attached hydrogen (secondary N) is 1. The van der Waals surface area contributed by atoms with Crippen molar-refractivity contribution in [3.05, 3.63) is 47.7 Å². The van der Waals surface area contributed by atoms with Crippen molar-refractivity contribution >= 4 is 16.9 Å². The summed E-state index contributed by atoms with van der Waals surface area (Å²) in [5, 5.41) is 1.32. The maximum Gasteiger partial charge on any atom is 0.312 e. The summed E-state index contributed by atoms with van der Waals surface area (Å²) >= 11 is 0. The number of methoxy groups -OCH3 is 1. The maximum absolute atomic E-state index is 12.7. The third-order valence-electron chi connectivity index (χ3n) is 7.69. The topological polar surface area (TPSA) is 42.1 Å². The Labute approximate surface area is 162 Å². The summed E-state index contributed by atoms with van der Waals surface area (Å²) < 4.78 is 5.23. The lowest BCUT2D eigenvalue weighted by Gasteiger charge is -2.52. The number of ether oxygens (including phenoxy) is 1. The van der Waals surface area contributed by atoms with Gasteiger partial charge in [0.1, 0.15) is 0 Å². The van der Waals surface area contributed by atoms with Crippen LogP contribution >= 0.6 is 0 Å². The molecule has 0 spiro atoms. The van der Waals surface area contributed by atoms with Crippen LogP contribution in [0.4, 0.5) is 0 Å². The number of aromatic amines is 1. The molecule has 0 saturated heterocycles. The standard InChI is InChI=1S/C24H31NO2/c1-16-11-12-20-19(9-7-13-23(20,2)22(26)27-4)24(16,3)14-17-15-25-21-10-6-5-8-18(17)21/h5-6,8-10,15-16,20,25H,7,11-14H2,1-4H3/t16-,20+,23+,24+/m1/s1. The van der Waals surface area contributed by atoms with Crippen LogP contribution in [0.15, 0.2) is 42.1 Å². The van der Waals surface area contributed by atoms with Gasteiger partial charge in [-0.1, -0.05) is 43.7 Å². The summed E-state index contributed by atoms with van der Waals surface area (Å²) in [5.74, 6) is 0.848. The van der Waals surface area contributed by atoms with E-state index in [0.717, 1.165) is 32.1 Å². The Hall–Kier alpha value is -2.03. The summed E-state index contributed by atoms with van der Waals surface area (Å²) in [6.07, 6.45) is 9.74. The molecule has 1 fully saturated rings. The molecule has 0 aliphatic heterocycles. The molecule has 3 nitrogen and oxygen atoms in total. The number of allylic oxidation sites excluding steroid dienone is 2. The Morgan fingerprint density at radius 1 is 1.26 bits per heavy atom. The van der Waals surface area contributed by atoms with Gasteiger partial charge in [0.25, 0.3) is 0 Å². The van der Waals surface area contributed by atoms with Gasteiger partial charge in [0.2, 0.25) is 0 Å². The van der Waals surface area contributed by atoms with Gasteiger partial charge in [-0.15, -0.1) is 0 Å². The van der Waals surface area contributed by atoms with Crippen LogP contribution in [0, 0.1) is 22.7 Å². The predicted octanol–water partition coefficient (Wildman–Crippen LogP) is 5.66. The van der Waals surface area contributed by atoms with Crippen molar-refractivity contribution in [2.24, 2.45) is 22.7 Å². The number of fused-ring (bicyclic) bond motifs is 2. The first kappa shape index (κ1) is 18.3. The van der Waals surface area contributed by atoms with Gasteiger partial charge in [-0.3, -0.25) is 4.79 Å². The average Bonchev–Trinajstić information content (AvgIpc) is 3.07. The van der Waals surface area contributed by atoms with Gasteiger partial charge in [0.15, 0.2) is 0 Å². The van der Waals surface area contributed by atoms with E-state index < -0.39 is 0 Å². The molecule has 2 aliphatic carbocycles. The summed E-state index contributed by atoms with van der Waals surface area (Å²) in [5.41, 5.74) is 3.76. The van der Waals surface area contributed by atoms with E-state index in [9.17, 15) is 4.79 Å². The van der Waals surface area contributed by atoms with Crippen molar-refractivity contribution in [2.45, 2.75) is 52.9 Å². The number of aromatic nitrogens is 1. The number of rotatable bonds is 3. The molecule has 0 amide bonds. The average molecular weight is 366 g/mol. The van der Waals surface area contributed by atoms with Gasteiger partial charge in [-0.05, 0) is 67.9 Å². The third kappa shape index (κ3) is 2.74. The molecule has 1 aromatic carbocycles. The Morgan fingerprint density at radius 2 is 2.04 bits per heavy atom. The quantitative estimate of drug-likeness (QED) is 0.563. The Balaban J connectivity index is 1.74. The van der Waals surface area contributed by atoms with E-state index in [1.807, 2.05) is 0 Å². The number of carbonyl (C=O) groups excluding carboxylic acids is 1. The second-order valence-electron chi connectivity index (χ2n) is 9.09. The highest BCUT2D eigenvalue weighted by Gasteiger charge is 2.53. The van der Waals surface area contributed by atoms with E-state index in [1.54, 1.807) is 0 Å². The summed E-state index contributed by atoms with van der Waals surface area (Å²) in [7, 11) is 1.53. The molecule has 4 rings (SSSR count). The molecule has 0 unspecified atom stereocenters. The van der Waals surface area contributed by atoms with Crippen molar-refractivity contribution < 1.29 is 9.53 Å². The highest BCUT2D eigenvalue weighted by atomic mass is 16.5. The molecule has 1 N–H and O–H groups in total. The second kappa shape index (κ2) is 6.54. The normalized spacial score (nSPS) is 33.4. The summed E-state index contributed by atoms with van der Waals surface area (Å²) in [6, 6.07) is 8.55. The van der Waals surface area contributed by atoms with Crippen LogP contribution in [0.2, 0.25) is 0 Å². The first-order valence-electron chi connectivity index (χ1n) is 10.2. The largest absolute Gasteiger partial charge is 0.469 e. The maximum atomic E-state index is 12.7. The van der Waals surface area contributed by atoms with Gasteiger partial charge < -0.3 is 9.72 Å². The summed E-state index contributed by atoms with van der Waals surface area (Å²) in [4.78, 5) is 16.1. The lowest BCUT2D eigenvalue weighted by molar-refractivity contribution is -0.156. The van der Waals surface area contributed by atoms with Crippen LogP contribution in [-0.2, 0) is 16.0 Å². The number of hydrogen-bond donors (Lipinski definition) is 1. The Bertz CT molecular complexity index is 895. The van der Waals surface area contributed by atoms with Crippen LogP contribution in [0.3, 0.4) is 0 Å². The first-order valence-corrected chi connectivity index (χ1v) is 10.2. The monoisotopic (exact) mass is 365 g/mol. The highest BCUT2D eigenvalue weighted by Crippen LogP contribution is 2.58. The fourth-order valence-corrected chi connectivity index (χ4v) is 5.74. The van der Waals surface area contributed by atoms with Crippen LogP contribution in [0.25, 0.3) is 10.9 Å². The second-order valence-corrected chi connectivity index (χ2v) is 9.09. The van der Waals surface area contributed by atoms with Gasteiger partial charge >= 0.3 is 5.97 Å². The van der Waals surface area contributed by atoms with Crippen molar-refractivity contribution in [3.63, 3.8) is 0 Å². The highest BCUT2D eigenvalue weighted by molar-refractivity contribution is 5.83. The fraction of sp³-hybridized carbons (Fsp3) is 0.542. The van der Waals surface area contributed by atoms with E-state index in [-0.39, 0.29) is 16.8 Å². The number of benzene rings is 1. The van der Waals surface area contributed by atoms with Gasteiger partial charge in [0, 0.05) is 17.1 Å². The van der Waals surface area contributed by atoms with Gasteiger partial charge in [-0.25, -0.2) is 0 Å². The van der Waals surface area contributed by atoms with Crippen LogP contribution in [0.5, 0.6) is 0 Å².